The lowest BCUT2D eigenvalue weighted by Crippen LogP contribution is -2.48. The van der Waals surface area contributed by atoms with Crippen molar-refractivity contribution in [1.29, 1.82) is 0 Å². The molecule has 2 amide bonds. The Labute approximate surface area is 229 Å². The van der Waals surface area contributed by atoms with Gasteiger partial charge in [0.05, 0.1) is 24.0 Å². The zero-order valence-electron chi connectivity index (χ0n) is 22.0. The Morgan fingerprint density at radius 1 is 1.00 bits per heavy atom. The predicted molar refractivity (Wildman–Crippen MR) is 149 cm³/mol. The van der Waals surface area contributed by atoms with Crippen LogP contribution in [0.5, 0.6) is 5.75 Å². The molecule has 9 nitrogen and oxygen atoms in total. The van der Waals surface area contributed by atoms with E-state index in [4.69, 9.17) is 4.74 Å². The maximum absolute atomic E-state index is 13.8. The Morgan fingerprint density at radius 2 is 1.73 bits per heavy atom. The van der Waals surface area contributed by atoms with Crippen LogP contribution in [0.25, 0.3) is 0 Å². The molecule has 1 aliphatic heterocycles. The standard InChI is InChI=1S/C28H29F3N6O3/c1-4-27(39)34-20-7-5-6-19(14-20)33-24-16-26(32-17-22(24)28(29,30)31)35-23-9-8-21(15-25(23)40-3)37-12-10-36(11-13-37)18(2)38/h4-9,14-17H,1,10-13H2,2-3H3,(H,34,39)(H2,32,33,35). The summed E-state index contributed by atoms with van der Waals surface area (Å²) in [4.78, 5) is 31.1. The lowest BCUT2D eigenvalue weighted by atomic mass is 10.2. The smallest absolute Gasteiger partial charge is 0.419 e. The van der Waals surface area contributed by atoms with Crippen molar-refractivity contribution in [2.75, 3.05) is 54.1 Å². The molecular weight excluding hydrogens is 525 g/mol. The van der Waals surface area contributed by atoms with Crippen LogP contribution < -0.4 is 25.6 Å². The van der Waals surface area contributed by atoms with Gasteiger partial charge in [-0.05, 0) is 36.4 Å². The van der Waals surface area contributed by atoms with Crippen LogP contribution in [0.1, 0.15) is 12.5 Å². The van der Waals surface area contributed by atoms with E-state index in [9.17, 15) is 22.8 Å². The highest BCUT2D eigenvalue weighted by Crippen LogP contribution is 2.38. The van der Waals surface area contributed by atoms with Gasteiger partial charge in [-0.1, -0.05) is 12.6 Å². The summed E-state index contributed by atoms with van der Waals surface area (Å²) in [5, 5.41) is 8.40. The van der Waals surface area contributed by atoms with Gasteiger partial charge in [0, 0.05) is 68.5 Å². The fraction of sp³-hybridized carbons (Fsp3) is 0.250. The third-order valence-electron chi connectivity index (χ3n) is 6.34. The van der Waals surface area contributed by atoms with E-state index in [1.807, 2.05) is 12.1 Å². The van der Waals surface area contributed by atoms with Crippen LogP contribution in [0.15, 0.2) is 67.4 Å². The number of hydrogen-bond donors (Lipinski definition) is 3. The number of pyridine rings is 1. The highest BCUT2D eigenvalue weighted by Gasteiger charge is 2.34. The number of methoxy groups -OCH3 is 1. The molecule has 2 heterocycles. The SMILES string of the molecule is C=CC(=O)Nc1cccc(Nc2cc(Nc3ccc(N4CCN(C(C)=O)CC4)cc3OC)ncc2C(F)(F)F)c1. The summed E-state index contributed by atoms with van der Waals surface area (Å²) in [5.74, 6) is 0.241. The number of amides is 2. The number of piperazine rings is 1. The molecule has 1 aromatic heterocycles. The van der Waals surface area contributed by atoms with Crippen molar-refractivity contribution >= 4 is 46.1 Å². The van der Waals surface area contributed by atoms with E-state index in [-0.39, 0.29) is 17.4 Å². The number of rotatable bonds is 8. The zero-order chi connectivity index (χ0) is 28.9. The van der Waals surface area contributed by atoms with E-state index >= 15 is 0 Å². The first-order chi connectivity index (χ1) is 19.1. The molecule has 4 rings (SSSR count). The Kier molecular flexibility index (Phi) is 8.46. The average Bonchev–Trinajstić information content (AvgIpc) is 2.93. The molecule has 12 heteroatoms. The summed E-state index contributed by atoms with van der Waals surface area (Å²) < 4.78 is 46.9. The first-order valence-corrected chi connectivity index (χ1v) is 12.4. The molecule has 2 aromatic carbocycles. The van der Waals surface area contributed by atoms with E-state index < -0.39 is 17.6 Å². The van der Waals surface area contributed by atoms with Gasteiger partial charge in [0.2, 0.25) is 11.8 Å². The molecule has 0 spiro atoms. The van der Waals surface area contributed by atoms with E-state index in [0.717, 1.165) is 18.0 Å². The highest BCUT2D eigenvalue weighted by molar-refractivity contribution is 5.99. The van der Waals surface area contributed by atoms with Crippen molar-refractivity contribution in [2.45, 2.75) is 13.1 Å². The molecule has 1 saturated heterocycles. The van der Waals surface area contributed by atoms with Gasteiger partial charge in [-0.2, -0.15) is 13.2 Å². The van der Waals surface area contributed by atoms with Crippen molar-refractivity contribution < 1.29 is 27.5 Å². The second-order valence-electron chi connectivity index (χ2n) is 9.01. The molecular formula is C28H29F3N6O3. The van der Waals surface area contributed by atoms with Crippen LogP contribution in [-0.2, 0) is 15.8 Å². The molecule has 3 N–H and O–H groups in total. The number of halogens is 3. The second-order valence-corrected chi connectivity index (χ2v) is 9.01. The maximum Gasteiger partial charge on any atom is 0.419 e. The Morgan fingerprint density at radius 3 is 2.38 bits per heavy atom. The molecule has 0 radical (unpaired) electrons. The van der Waals surface area contributed by atoms with Crippen LogP contribution in [0, 0.1) is 0 Å². The fourth-order valence-corrected chi connectivity index (χ4v) is 4.27. The van der Waals surface area contributed by atoms with E-state index in [0.29, 0.717) is 49.0 Å². The van der Waals surface area contributed by atoms with Crippen LogP contribution in [0.2, 0.25) is 0 Å². The van der Waals surface area contributed by atoms with Crippen molar-refractivity contribution in [3.8, 4) is 5.75 Å². The zero-order valence-corrected chi connectivity index (χ0v) is 22.0. The molecule has 0 saturated carbocycles. The minimum absolute atomic E-state index is 0.0434. The van der Waals surface area contributed by atoms with Gasteiger partial charge >= 0.3 is 6.18 Å². The number of anilines is 6. The first-order valence-electron chi connectivity index (χ1n) is 12.4. The predicted octanol–water partition coefficient (Wildman–Crippen LogP) is 5.39. The van der Waals surface area contributed by atoms with Gasteiger partial charge in [-0.15, -0.1) is 0 Å². The number of nitrogens with zero attached hydrogens (tertiary/aromatic N) is 3. The van der Waals surface area contributed by atoms with E-state index in [1.165, 1.54) is 19.2 Å². The summed E-state index contributed by atoms with van der Waals surface area (Å²) in [5.41, 5.74) is 0.958. The number of alkyl halides is 3. The summed E-state index contributed by atoms with van der Waals surface area (Å²) in [6.07, 6.45) is -2.81. The summed E-state index contributed by atoms with van der Waals surface area (Å²) in [6.45, 7) is 7.52. The van der Waals surface area contributed by atoms with Gasteiger partial charge in [0.1, 0.15) is 11.6 Å². The van der Waals surface area contributed by atoms with E-state index in [1.54, 1.807) is 36.1 Å². The number of benzene rings is 2. The number of hydrogen-bond acceptors (Lipinski definition) is 7. The topological polar surface area (TPSA) is 98.8 Å². The molecule has 0 unspecified atom stereocenters. The Balaban J connectivity index is 1.57. The third-order valence-corrected chi connectivity index (χ3v) is 6.34. The van der Waals surface area contributed by atoms with Crippen molar-refractivity contribution in [3.63, 3.8) is 0 Å². The molecule has 0 bridgehead atoms. The molecule has 210 valence electrons. The van der Waals surface area contributed by atoms with Crippen LogP contribution >= 0.6 is 0 Å². The minimum Gasteiger partial charge on any atom is -0.494 e. The number of carbonyl (C=O) groups excluding carboxylic acids is 2. The van der Waals surface area contributed by atoms with Crippen molar-refractivity contribution in [1.82, 2.24) is 9.88 Å². The van der Waals surface area contributed by atoms with Crippen molar-refractivity contribution in [3.05, 3.63) is 72.9 Å². The largest absolute Gasteiger partial charge is 0.494 e. The molecule has 1 fully saturated rings. The molecule has 1 aliphatic rings. The number of nitrogens with one attached hydrogen (secondary N) is 3. The minimum atomic E-state index is -4.66. The summed E-state index contributed by atoms with van der Waals surface area (Å²) in [7, 11) is 1.50. The van der Waals surface area contributed by atoms with Gasteiger partial charge in [0.15, 0.2) is 0 Å². The van der Waals surface area contributed by atoms with Crippen molar-refractivity contribution in [2.24, 2.45) is 0 Å². The lowest BCUT2D eigenvalue weighted by molar-refractivity contribution is -0.137. The molecule has 40 heavy (non-hydrogen) atoms. The molecule has 0 atom stereocenters. The quantitative estimate of drug-likeness (QED) is 0.321. The Hall–Kier alpha value is -4.74. The number of carbonyl (C=O) groups is 2. The third kappa shape index (κ3) is 6.82. The van der Waals surface area contributed by atoms with Crippen LogP contribution in [0.3, 0.4) is 0 Å². The normalized spacial score (nSPS) is 13.4. The first kappa shape index (κ1) is 28.3. The van der Waals surface area contributed by atoms with Gasteiger partial charge in [-0.3, -0.25) is 9.59 Å². The monoisotopic (exact) mass is 554 g/mol. The molecule has 3 aromatic rings. The number of ether oxygens (including phenoxy) is 1. The van der Waals surface area contributed by atoms with Gasteiger partial charge in [0.25, 0.3) is 0 Å². The second kappa shape index (κ2) is 12.0. The summed E-state index contributed by atoms with van der Waals surface area (Å²) in [6, 6.07) is 13.0. The highest BCUT2D eigenvalue weighted by atomic mass is 19.4. The number of aromatic nitrogens is 1. The Bertz CT molecular complexity index is 1400. The lowest BCUT2D eigenvalue weighted by Gasteiger charge is -2.35. The van der Waals surface area contributed by atoms with E-state index in [2.05, 4.69) is 32.4 Å². The van der Waals surface area contributed by atoms with Crippen LogP contribution in [-0.4, -0.2) is 55.0 Å². The summed E-state index contributed by atoms with van der Waals surface area (Å²) >= 11 is 0. The average molecular weight is 555 g/mol. The molecule has 0 aliphatic carbocycles. The van der Waals surface area contributed by atoms with Gasteiger partial charge < -0.3 is 30.5 Å². The fourth-order valence-electron chi connectivity index (χ4n) is 4.27. The van der Waals surface area contributed by atoms with Gasteiger partial charge in [-0.25, -0.2) is 4.98 Å². The maximum atomic E-state index is 13.8. The van der Waals surface area contributed by atoms with Crippen LogP contribution in [0.4, 0.5) is 47.4 Å².